The first-order valence-electron chi connectivity index (χ1n) is 9.11. The number of halogens is 1. The lowest BCUT2D eigenvalue weighted by Crippen LogP contribution is -2.50. The van der Waals surface area contributed by atoms with Gasteiger partial charge in [-0.25, -0.2) is 9.48 Å². The summed E-state index contributed by atoms with van der Waals surface area (Å²) in [4.78, 5) is 27.7. The van der Waals surface area contributed by atoms with Crippen molar-refractivity contribution in [1.82, 2.24) is 19.6 Å². The Balaban J connectivity index is 1.53. The minimum atomic E-state index is -0.339. The van der Waals surface area contributed by atoms with E-state index in [-0.39, 0.29) is 18.7 Å². The van der Waals surface area contributed by atoms with Gasteiger partial charge in [0.05, 0.1) is 6.61 Å². The SMILES string of the molecule is CCOC(=O)N1CCN(C(=O)c2ccn(COc3ccc(Cl)cc3C)n2)CC1. The minimum Gasteiger partial charge on any atom is -0.471 e. The number of carbonyl (C=O) groups is 2. The molecular weight excluding hydrogens is 384 g/mol. The summed E-state index contributed by atoms with van der Waals surface area (Å²) >= 11 is 5.94. The smallest absolute Gasteiger partial charge is 0.409 e. The first-order valence-corrected chi connectivity index (χ1v) is 9.49. The molecule has 0 bridgehead atoms. The Morgan fingerprint density at radius 1 is 1.14 bits per heavy atom. The lowest BCUT2D eigenvalue weighted by Gasteiger charge is -2.33. The van der Waals surface area contributed by atoms with Crippen LogP contribution in [0.15, 0.2) is 30.5 Å². The third-order valence-corrected chi connectivity index (χ3v) is 4.68. The normalized spacial score (nSPS) is 14.1. The molecule has 0 spiro atoms. The summed E-state index contributed by atoms with van der Waals surface area (Å²) < 4.78 is 12.3. The number of aromatic nitrogens is 2. The number of piperazine rings is 1. The number of hydrogen-bond donors (Lipinski definition) is 0. The van der Waals surface area contributed by atoms with Crippen LogP contribution in [0.2, 0.25) is 5.02 Å². The van der Waals surface area contributed by atoms with E-state index in [9.17, 15) is 9.59 Å². The number of carbonyl (C=O) groups excluding carboxylic acids is 2. The van der Waals surface area contributed by atoms with Crippen molar-refractivity contribution in [3.8, 4) is 5.75 Å². The summed E-state index contributed by atoms with van der Waals surface area (Å²) in [6, 6.07) is 7.05. The van der Waals surface area contributed by atoms with Crippen LogP contribution >= 0.6 is 11.6 Å². The Kier molecular flexibility index (Phi) is 6.41. The van der Waals surface area contributed by atoms with Gasteiger partial charge in [-0.05, 0) is 43.7 Å². The van der Waals surface area contributed by atoms with Gasteiger partial charge in [-0.2, -0.15) is 5.10 Å². The van der Waals surface area contributed by atoms with E-state index in [4.69, 9.17) is 21.1 Å². The molecule has 0 unspecified atom stereocenters. The summed E-state index contributed by atoms with van der Waals surface area (Å²) in [7, 11) is 0. The average Bonchev–Trinajstić information content (AvgIpc) is 3.16. The monoisotopic (exact) mass is 406 g/mol. The Bertz CT molecular complexity index is 846. The predicted molar refractivity (Wildman–Crippen MR) is 104 cm³/mol. The third kappa shape index (κ3) is 4.75. The maximum Gasteiger partial charge on any atom is 0.409 e. The van der Waals surface area contributed by atoms with Crippen LogP contribution in [-0.2, 0) is 11.5 Å². The van der Waals surface area contributed by atoms with Gasteiger partial charge < -0.3 is 19.3 Å². The molecule has 0 saturated carbocycles. The Hall–Kier alpha value is -2.74. The van der Waals surface area contributed by atoms with Crippen LogP contribution in [0.1, 0.15) is 23.0 Å². The van der Waals surface area contributed by atoms with Crippen molar-refractivity contribution in [2.24, 2.45) is 0 Å². The van der Waals surface area contributed by atoms with E-state index >= 15 is 0 Å². The fourth-order valence-corrected chi connectivity index (χ4v) is 3.15. The summed E-state index contributed by atoms with van der Waals surface area (Å²) in [5, 5.41) is 4.95. The van der Waals surface area contributed by atoms with Gasteiger partial charge in [0.1, 0.15) is 5.75 Å². The highest BCUT2D eigenvalue weighted by Gasteiger charge is 2.26. The molecule has 1 aliphatic rings. The second-order valence-corrected chi connectivity index (χ2v) is 6.84. The molecule has 150 valence electrons. The van der Waals surface area contributed by atoms with E-state index in [1.165, 1.54) is 0 Å². The molecule has 8 nitrogen and oxygen atoms in total. The van der Waals surface area contributed by atoms with Crippen LogP contribution in [-0.4, -0.2) is 64.4 Å². The Labute approximate surface area is 168 Å². The van der Waals surface area contributed by atoms with E-state index in [1.807, 2.05) is 13.0 Å². The minimum absolute atomic E-state index is 0.162. The number of benzene rings is 1. The summed E-state index contributed by atoms with van der Waals surface area (Å²) in [5.74, 6) is 0.549. The summed E-state index contributed by atoms with van der Waals surface area (Å²) in [5.41, 5.74) is 1.27. The van der Waals surface area contributed by atoms with E-state index < -0.39 is 0 Å². The van der Waals surface area contributed by atoms with E-state index in [2.05, 4.69) is 5.10 Å². The topological polar surface area (TPSA) is 76.9 Å². The molecule has 9 heteroatoms. The molecule has 1 fully saturated rings. The lowest BCUT2D eigenvalue weighted by molar-refractivity contribution is 0.0564. The van der Waals surface area contributed by atoms with Crippen molar-refractivity contribution < 1.29 is 19.1 Å². The molecule has 28 heavy (non-hydrogen) atoms. The molecule has 2 heterocycles. The standard InChI is InChI=1S/C19H23ClN4O4/c1-3-27-19(26)23-10-8-22(9-11-23)18(25)16-6-7-24(21-16)13-28-17-5-4-15(20)12-14(17)2/h4-7,12H,3,8-11,13H2,1-2H3. The number of amides is 2. The molecule has 1 saturated heterocycles. The van der Waals surface area contributed by atoms with Crippen molar-refractivity contribution >= 4 is 23.6 Å². The number of hydrogen-bond acceptors (Lipinski definition) is 5. The number of nitrogens with zero attached hydrogens (tertiary/aromatic N) is 4. The van der Waals surface area contributed by atoms with Crippen LogP contribution in [0.4, 0.5) is 4.79 Å². The maximum absolute atomic E-state index is 12.6. The van der Waals surface area contributed by atoms with Crippen molar-refractivity contribution in [2.75, 3.05) is 32.8 Å². The van der Waals surface area contributed by atoms with Crippen LogP contribution in [0.25, 0.3) is 0 Å². The number of aryl methyl sites for hydroxylation is 1. The van der Waals surface area contributed by atoms with Gasteiger partial charge in [-0.15, -0.1) is 0 Å². The second kappa shape index (κ2) is 8.97. The van der Waals surface area contributed by atoms with Gasteiger partial charge in [-0.1, -0.05) is 11.6 Å². The molecule has 1 aromatic heterocycles. The van der Waals surface area contributed by atoms with E-state index in [0.717, 1.165) is 5.56 Å². The van der Waals surface area contributed by atoms with Gasteiger partial charge >= 0.3 is 6.09 Å². The first-order chi connectivity index (χ1) is 13.5. The molecule has 2 aromatic rings. The van der Waals surface area contributed by atoms with Crippen LogP contribution in [0.3, 0.4) is 0 Å². The van der Waals surface area contributed by atoms with Crippen molar-refractivity contribution in [3.05, 3.63) is 46.7 Å². The lowest BCUT2D eigenvalue weighted by atomic mass is 10.2. The summed E-state index contributed by atoms with van der Waals surface area (Å²) in [6.07, 6.45) is 1.36. The highest BCUT2D eigenvalue weighted by Crippen LogP contribution is 2.22. The van der Waals surface area contributed by atoms with Crippen molar-refractivity contribution in [1.29, 1.82) is 0 Å². The van der Waals surface area contributed by atoms with Crippen molar-refractivity contribution in [2.45, 2.75) is 20.6 Å². The van der Waals surface area contributed by atoms with Crippen molar-refractivity contribution in [3.63, 3.8) is 0 Å². The Morgan fingerprint density at radius 3 is 2.54 bits per heavy atom. The van der Waals surface area contributed by atoms with Gasteiger partial charge in [0.15, 0.2) is 12.4 Å². The number of ether oxygens (including phenoxy) is 2. The van der Waals surface area contributed by atoms with Gasteiger partial charge in [-0.3, -0.25) is 4.79 Å². The molecule has 0 N–H and O–H groups in total. The van der Waals surface area contributed by atoms with Gasteiger partial charge in [0.2, 0.25) is 0 Å². The van der Waals surface area contributed by atoms with E-state index in [0.29, 0.717) is 49.3 Å². The van der Waals surface area contributed by atoms with Gasteiger partial charge in [0.25, 0.3) is 5.91 Å². The largest absolute Gasteiger partial charge is 0.471 e. The summed E-state index contributed by atoms with van der Waals surface area (Å²) in [6.45, 7) is 6.00. The zero-order valence-corrected chi connectivity index (χ0v) is 16.7. The maximum atomic E-state index is 12.6. The number of rotatable bonds is 5. The zero-order chi connectivity index (χ0) is 20.1. The second-order valence-electron chi connectivity index (χ2n) is 6.40. The molecular formula is C19H23ClN4O4. The Morgan fingerprint density at radius 2 is 1.86 bits per heavy atom. The van der Waals surface area contributed by atoms with Gasteiger partial charge in [0, 0.05) is 37.4 Å². The first kappa shape index (κ1) is 20.0. The van der Waals surface area contributed by atoms with Crippen LogP contribution in [0, 0.1) is 6.92 Å². The zero-order valence-electron chi connectivity index (χ0n) is 15.9. The fourth-order valence-electron chi connectivity index (χ4n) is 2.93. The molecule has 0 atom stereocenters. The highest BCUT2D eigenvalue weighted by atomic mass is 35.5. The quantitative estimate of drug-likeness (QED) is 0.763. The molecule has 1 aliphatic heterocycles. The molecule has 1 aromatic carbocycles. The third-order valence-electron chi connectivity index (χ3n) is 4.44. The van der Waals surface area contributed by atoms with Crippen LogP contribution in [0.5, 0.6) is 5.75 Å². The fraction of sp³-hybridized carbons (Fsp3) is 0.421. The predicted octanol–water partition coefficient (Wildman–Crippen LogP) is 2.80. The van der Waals surface area contributed by atoms with Crippen LogP contribution < -0.4 is 4.74 Å². The molecule has 3 rings (SSSR count). The highest BCUT2D eigenvalue weighted by molar-refractivity contribution is 6.30. The van der Waals surface area contributed by atoms with E-state index in [1.54, 1.807) is 45.8 Å². The molecule has 0 aliphatic carbocycles. The molecule has 0 radical (unpaired) electrons. The molecule has 2 amide bonds. The average molecular weight is 407 g/mol.